The summed E-state index contributed by atoms with van der Waals surface area (Å²) in [6.45, 7) is 2.23. The van der Waals surface area contributed by atoms with Crippen molar-refractivity contribution in [2.75, 3.05) is 51.4 Å². The van der Waals surface area contributed by atoms with Crippen molar-refractivity contribution in [2.24, 2.45) is 0 Å². The summed E-state index contributed by atoms with van der Waals surface area (Å²) in [6.07, 6.45) is 2.18. The molecule has 1 aliphatic rings. The lowest BCUT2D eigenvalue weighted by atomic mass is 10.0. The van der Waals surface area contributed by atoms with E-state index in [9.17, 15) is 19.2 Å². The number of esters is 1. The van der Waals surface area contributed by atoms with E-state index in [1.807, 2.05) is 24.3 Å². The van der Waals surface area contributed by atoms with Crippen LogP contribution in [-0.4, -0.2) is 69.3 Å². The molecular formula is C43H42N4O8S2. The minimum absolute atomic E-state index is 0.0418. The fourth-order valence-corrected chi connectivity index (χ4v) is 8.36. The normalized spacial score (nSPS) is 12.5. The number of amides is 3. The number of nitrogens with zero attached hydrogens (tertiary/aromatic N) is 1. The first-order valence-corrected chi connectivity index (χ1v) is 19.7. The summed E-state index contributed by atoms with van der Waals surface area (Å²) in [6, 6.07) is 29.1. The fraction of sp³-hybridized carbons (Fsp3) is 0.209. The van der Waals surface area contributed by atoms with Crippen LogP contribution < -0.4 is 30.2 Å². The molecule has 0 radical (unpaired) electrons. The Kier molecular flexibility index (Phi) is 13.6. The SMILES string of the molecule is COC(=O)c1c(NC(=O)CSc2cccc(NC(=O)/C(=C\c3cc(OC)c(OC)c(OC)c3)NC(=O)c3ccccc3)c2)sc2c1CCN(Cc1ccccc1)C2. The highest BCUT2D eigenvalue weighted by Gasteiger charge is 2.29. The molecule has 0 unspecified atom stereocenters. The maximum Gasteiger partial charge on any atom is 0.341 e. The van der Waals surface area contributed by atoms with Crippen LogP contribution in [0, 0.1) is 0 Å². The van der Waals surface area contributed by atoms with E-state index >= 15 is 0 Å². The molecule has 6 rings (SSSR count). The van der Waals surface area contributed by atoms with E-state index in [0.717, 1.165) is 23.5 Å². The number of thiophene rings is 1. The van der Waals surface area contributed by atoms with Crippen LogP contribution in [0.2, 0.25) is 0 Å². The first kappa shape index (κ1) is 40.6. The number of hydrogen-bond donors (Lipinski definition) is 3. The summed E-state index contributed by atoms with van der Waals surface area (Å²) in [5.41, 5.74) is 3.81. The maximum absolute atomic E-state index is 13.8. The van der Waals surface area contributed by atoms with Gasteiger partial charge in [-0.25, -0.2) is 4.79 Å². The Labute approximate surface area is 339 Å². The van der Waals surface area contributed by atoms with Crippen LogP contribution in [0.1, 0.15) is 42.3 Å². The van der Waals surface area contributed by atoms with Crippen LogP contribution in [0.3, 0.4) is 0 Å². The molecule has 294 valence electrons. The lowest BCUT2D eigenvalue weighted by Gasteiger charge is -2.27. The van der Waals surface area contributed by atoms with Crippen molar-refractivity contribution in [1.82, 2.24) is 10.2 Å². The van der Waals surface area contributed by atoms with Crippen molar-refractivity contribution in [1.29, 1.82) is 0 Å². The van der Waals surface area contributed by atoms with Crippen LogP contribution in [0.5, 0.6) is 17.2 Å². The highest BCUT2D eigenvalue weighted by molar-refractivity contribution is 8.00. The van der Waals surface area contributed by atoms with E-state index in [0.29, 0.717) is 62.5 Å². The number of thioether (sulfide) groups is 1. The summed E-state index contributed by atoms with van der Waals surface area (Å²) >= 11 is 2.67. The van der Waals surface area contributed by atoms with Crippen molar-refractivity contribution in [2.45, 2.75) is 24.4 Å². The molecule has 4 aromatic carbocycles. The van der Waals surface area contributed by atoms with Gasteiger partial charge in [-0.05, 0) is 71.7 Å². The number of methoxy groups -OCH3 is 4. The molecule has 1 aliphatic heterocycles. The molecule has 0 bridgehead atoms. The van der Waals surface area contributed by atoms with Crippen molar-refractivity contribution in [3.63, 3.8) is 0 Å². The number of rotatable bonds is 15. The van der Waals surface area contributed by atoms with Gasteiger partial charge in [0.05, 0.1) is 39.8 Å². The number of benzene rings is 4. The Morgan fingerprint density at radius 3 is 2.19 bits per heavy atom. The van der Waals surface area contributed by atoms with Gasteiger partial charge in [0.2, 0.25) is 11.7 Å². The van der Waals surface area contributed by atoms with Crippen LogP contribution in [-0.2, 0) is 33.8 Å². The average Bonchev–Trinajstić information content (AvgIpc) is 3.59. The van der Waals surface area contributed by atoms with Gasteiger partial charge in [0.25, 0.3) is 11.8 Å². The maximum atomic E-state index is 13.8. The third-order valence-corrected chi connectivity index (χ3v) is 11.1. The third-order valence-electron chi connectivity index (χ3n) is 9.02. The zero-order valence-corrected chi connectivity index (χ0v) is 33.5. The zero-order valence-electron chi connectivity index (χ0n) is 31.9. The number of ether oxygens (including phenoxy) is 4. The predicted octanol–water partition coefficient (Wildman–Crippen LogP) is 7.26. The lowest BCUT2D eigenvalue weighted by molar-refractivity contribution is -0.114. The lowest BCUT2D eigenvalue weighted by Crippen LogP contribution is -2.30. The fourth-order valence-electron chi connectivity index (χ4n) is 6.31. The molecule has 2 heterocycles. The zero-order chi connectivity index (χ0) is 40.3. The number of anilines is 2. The Morgan fingerprint density at radius 2 is 1.53 bits per heavy atom. The van der Waals surface area contributed by atoms with Crippen molar-refractivity contribution >= 4 is 63.6 Å². The molecule has 3 amide bonds. The summed E-state index contributed by atoms with van der Waals surface area (Å²) in [5.74, 6) is -0.677. The number of nitrogens with one attached hydrogen (secondary N) is 3. The van der Waals surface area contributed by atoms with Crippen LogP contribution in [0.4, 0.5) is 10.7 Å². The highest BCUT2D eigenvalue weighted by Crippen LogP contribution is 2.40. The molecule has 5 aromatic rings. The van der Waals surface area contributed by atoms with Gasteiger partial charge in [0, 0.05) is 40.7 Å². The molecule has 0 saturated heterocycles. The number of carbonyl (C=O) groups is 4. The molecule has 12 nitrogen and oxygen atoms in total. The number of carbonyl (C=O) groups excluding carboxylic acids is 4. The molecular weight excluding hydrogens is 765 g/mol. The summed E-state index contributed by atoms with van der Waals surface area (Å²) in [4.78, 5) is 57.3. The van der Waals surface area contributed by atoms with Crippen LogP contribution in [0.25, 0.3) is 6.08 Å². The molecule has 1 aromatic heterocycles. The smallest absolute Gasteiger partial charge is 0.341 e. The first-order chi connectivity index (χ1) is 27.7. The van der Waals surface area contributed by atoms with Gasteiger partial charge < -0.3 is 34.9 Å². The van der Waals surface area contributed by atoms with Crippen molar-refractivity contribution < 1.29 is 38.1 Å². The quantitative estimate of drug-likeness (QED) is 0.0562. The van der Waals surface area contributed by atoms with E-state index < -0.39 is 17.8 Å². The highest BCUT2D eigenvalue weighted by atomic mass is 32.2. The predicted molar refractivity (Wildman–Crippen MR) is 222 cm³/mol. The second-order valence-corrected chi connectivity index (χ2v) is 15.0. The summed E-state index contributed by atoms with van der Waals surface area (Å²) < 4.78 is 21.5. The Balaban J connectivity index is 1.15. The van der Waals surface area contributed by atoms with Gasteiger partial charge in [0.15, 0.2) is 11.5 Å². The number of fused-ring (bicyclic) bond motifs is 1. The average molecular weight is 807 g/mol. The van der Waals surface area contributed by atoms with Gasteiger partial charge in [-0.15, -0.1) is 23.1 Å². The first-order valence-electron chi connectivity index (χ1n) is 17.9. The largest absolute Gasteiger partial charge is 0.493 e. The summed E-state index contributed by atoms with van der Waals surface area (Å²) in [5, 5.41) is 9.03. The standard InChI is InChI=1S/C43H42N4O8S2/c1-52-34-21-28(22-35(53-2)39(34)54-3)20-33(45-40(49)29-14-9-6-10-15-29)41(50)44-30-16-11-17-31(23-30)56-26-37(48)46-42-38(43(51)55-4)32-18-19-47(25-36(32)57-42)24-27-12-7-5-8-13-27/h5-17,20-23H,18-19,24-26H2,1-4H3,(H,44,50)(H,45,49)(H,46,48)/b33-20+. The Morgan fingerprint density at radius 1 is 0.825 bits per heavy atom. The van der Waals surface area contributed by atoms with E-state index in [1.54, 1.807) is 60.7 Å². The molecule has 0 fully saturated rings. The summed E-state index contributed by atoms with van der Waals surface area (Å²) in [7, 11) is 5.80. The Hall–Kier alpha value is -6.09. The van der Waals surface area contributed by atoms with Gasteiger partial charge in [-0.1, -0.05) is 54.6 Å². The third kappa shape index (κ3) is 10.2. The molecule has 0 spiro atoms. The van der Waals surface area contributed by atoms with Gasteiger partial charge in [-0.2, -0.15) is 0 Å². The Bertz CT molecular complexity index is 2250. The van der Waals surface area contributed by atoms with E-state index in [2.05, 4.69) is 33.0 Å². The minimum atomic E-state index is -0.590. The van der Waals surface area contributed by atoms with E-state index in [-0.39, 0.29) is 17.4 Å². The van der Waals surface area contributed by atoms with Gasteiger partial charge in [-0.3, -0.25) is 19.3 Å². The van der Waals surface area contributed by atoms with Crippen molar-refractivity contribution in [3.05, 3.63) is 135 Å². The molecule has 14 heteroatoms. The molecule has 3 N–H and O–H groups in total. The second-order valence-electron chi connectivity index (χ2n) is 12.8. The van der Waals surface area contributed by atoms with Crippen LogP contribution in [0.15, 0.2) is 108 Å². The molecule has 0 aliphatic carbocycles. The van der Waals surface area contributed by atoms with Crippen LogP contribution >= 0.6 is 23.1 Å². The number of hydrogen-bond acceptors (Lipinski definition) is 11. The second kappa shape index (κ2) is 19.2. The minimum Gasteiger partial charge on any atom is -0.493 e. The molecule has 0 atom stereocenters. The topological polar surface area (TPSA) is 145 Å². The molecule has 0 saturated carbocycles. The molecule has 57 heavy (non-hydrogen) atoms. The van der Waals surface area contributed by atoms with Gasteiger partial charge >= 0.3 is 5.97 Å². The monoisotopic (exact) mass is 806 g/mol. The van der Waals surface area contributed by atoms with E-state index in [4.69, 9.17) is 18.9 Å². The van der Waals surface area contributed by atoms with Crippen molar-refractivity contribution in [3.8, 4) is 17.2 Å². The van der Waals surface area contributed by atoms with Gasteiger partial charge in [0.1, 0.15) is 10.7 Å². The van der Waals surface area contributed by atoms with E-state index in [1.165, 1.54) is 63.2 Å².